The lowest BCUT2D eigenvalue weighted by atomic mass is 10.1. The van der Waals surface area contributed by atoms with Gasteiger partial charge < -0.3 is 9.88 Å². The lowest BCUT2D eigenvalue weighted by Gasteiger charge is -2.13. The molecule has 0 aliphatic heterocycles. The normalized spacial score (nSPS) is 11.1. The second-order valence-corrected chi connectivity index (χ2v) is 9.56. The number of hydrogen-bond acceptors (Lipinski definition) is 4. The van der Waals surface area contributed by atoms with Crippen LogP contribution in [0.3, 0.4) is 0 Å². The highest BCUT2D eigenvalue weighted by Gasteiger charge is 2.20. The first-order valence-corrected chi connectivity index (χ1v) is 12.9. The second-order valence-electron chi connectivity index (χ2n) is 8.62. The van der Waals surface area contributed by atoms with Gasteiger partial charge in [0, 0.05) is 24.5 Å². The molecule has 0 aliphatic rings. The summed E-state index contributed by atoms with van der Waals surface area (Å²) in [4.78, 5) is 31.5. The van der Waals surface area contributed by atoms with Crippen LogP contribution in [0, 0.1) is 5.82 Å². The highest BCUT2D eigenvalue weighted by molar-refractivity contribution is 7.99. The number of anilines is 1. The quantitative estimate of drug-likeness (QED) is 0.220. The molecule has 8 heteroatoms. The van der Waals surface area contributed by atoms with Crippen molar-refractivity contribution in [2.24, 2.45) is 7.05 Å². The smallest absolute Gasteiger partial charge is 0.283 e. The Morgan fingerprint density at radius 1 is 1.00 bits per heavy atom. The van der Waals surface area contributed by atoms with Gasteiger partial charge in [-0.1, -0.05) is 61.2 Å². The summed E-state index contributed by atoms with van der Waals surface area (Å²) in [5.74, 6) is -0.633. The summed E-state index contributed by atoms with van der Waals surface area (Å²) < 4.78 is 16.6. The monoisotopic (exact) mass is 512 g/mol. The van der Waals surface area contributed by atoms with Crippen molar-refractivity contribution in [1.82, 2.24) is 14.1 Å². The second kappa shape index (κ2) is 10.4. The van der Waals surface area contributed by atoms with Crippen molar-refractivity contribution in [3.05, 3.63) is 107 Å². The molecule has 37 heavy (non-hydrogen) atoms. The summed E-state index contributed by atoms with van der Waals surface area (Å²) in [5.41, 5.74) is 5.00. The highest BCUT2D eigenvalue weighted by Crippen LogP contribution is 2.30. The molecule has 1 N–H and O–H groups in total. The lowest BCUT2D eigenvalue weighted by molar-refractivity contribution is -0.113. The number of amides is 1. The van der Waals surface area contributed by atoms with Crippen LogP contribution in [0.2, 0.25) is 0 Å². The number of hydrogen-bond donors (Lipinski definition) is 1. The highest BCUT2D eigenvalue weighted by atomic mass is 32.2. The zero-order valence-electron chi connectivity index (χ0n) is 20.4. The number of carbonyl (C=O) groups excluding carboxylic acids is 1. The van der Waals surface area contributed by atoms with Gasteiger partial charge in [-0.3, -0.25) is 14.2 Å². The molecular weight excluding hydrogens is 487 g/mol. The third kappa shape index (κ3) is 5.06. The zero-order chi connectivity index (χ0) is 25.9. The third-order valence-corrected chi connectivity index (χ3v) is 7.05. The average Bonchev–Trinajstić information content (AvgIpc) is 3.26. The third-order valence-electron chi connectivity index (χ3n) is 6.11. The molecule has 0 aliphatic carbocycles. The fourth-order valence-electron chi connectivity index (χ4n) is 4.21. The Balaban J connectivity index is 1.58. The number of aryl methyl sites for hydroxylation is 2. The molecule has 2 heterocycles. The van der Waals surface area contributed by atoms with Crippen molar-refractivity contribution >= 4 is 34.4 Å². The Morgan fingerprint density at radius 3 is 2.38 bits per heavy atom. The van der Waals surface area contributed by atoms with Gasteiger partial charge in [0.05, 0.1) is 11.4 Å². The molecule has 0 radical (unpaired) electrons. The summed E-state index contributed by atoms with van der Waals surface area (Å²) in [7, 11) is 1.84. The fraction of sp³-hybridized carbons (Fsp3) is 0.138. The molecule has 5 aromatic rings. The maximum atomic E-state index is 13.9. The van der Waals surface area contributed by atoms with Crippen molar-refractivity contribution in [3.8, 4) is 16.8 Å². The standard InChI is InChI=1S/C29H25FN4O2S/c1-3-19-9-15-23(16-10-19)34-28(36)27-26(24(17-33(27)2)20-7-5-4-6-8-20)32-29(34)37-18-25(35)31-22-13-11-21(30)12-14-22/h4-17H,3,18H2,1-2H3,(H,31,35). The molecule has 0 saturated carbocycles. The minimum absolute atomic E-state index is 0.0237. The summed E-state index contributed by atoms with van der Waals surface area (Å²) in [6.45, 7) is 2.07. The van der Waals surface area contributed by atoms with E-state index in [1.54, 1.807) is 9.13 Å². The Hall–Kier alpha value is -4.17. The number of nitrogens with one attached hydrogen (secondary N) is 1. The van der Waals surface area contributed by atoms with Gasteiger partial charge in [-0.05, 0) is 53.9 Å². The summed E-state index contributed by atoms with van der Waals surface area (Å²) >= 11 is 1.18. The Kier molecular flexibility index (Phi) is 6.92. The molecular formula is C29H25FN4O2S. The summed E-state index contributed by atoms with van der Waals surface area (Å²) in [5, 5.41) is 3.18. The number of benzene rings is 3. The van der Waals surface area contributed by atoms with Crippen LogP contribution in [0.4, 0.5) is 10.1 Å². The SMILES string of the molecule is CCc1ccc(-n2c(SCC(=O)Nc3ccc(F)cc3)nc3c(-c4ccccc4)cn(C)c3c2=O)cc1. The number of thioether (sulfide) groups is 1. The number of nitrogens with zero attached hydrogens (tertiary/aromatic N) is 3. The van der Waals surface area contributed by atoms with E-state index in [1.165, 1.54) is 36.0 Å². The number of halogens is 1. The lowest BCUT2D eigenvalue weighted by Crippen LogP contribution is -2.24. The van der Waals surface area contributed by atoms with Crippen LogP contribution in [0.5, 0.6) is 0 Å². The molecule has 6 nitrogen and oxygen atoms in total. The molecule has 5 rings (SSSR count). The molecule has 0 saturated heterocycles. The van der Waals surface area contributed by atoms with Crippen LogP contribution in [-0.4, -0.2) is 25.8 Å². The largest absolute Gasteiger partial charge is 0.344 e. The van der Waals surface area contributed by atoms with E-state index in [9.17, 15) is 14.0 Å². The van der Waals surface area contributed by atoms with E-state index in [1.807, 2.05) is 67.8 Å². The summed E-state index contributed by atoms with van der Waals surface area (Å²) in [6.07, 6.45) is 2.80. The number of rotatable bonds is 7. The first kappa shape index (κ1) is 24.5. The van der Waals surface area contributed by atoms with Gasteiger partial charge in [0.1, 0.15) is 16.9 Å². The minimum Gasteiger partial charge on any atom is -0.344 e. The Bertz CT molecular complexity index is 1630. The molecule has 0 fully saturated rings. The predicted molar refractivity (Wildman–Crippen MR) is 147 cm³/mol. The number of fused-ring (bicyclic) bond motifs is 1. The van der Waals surface area contributed by atoms with E-state index in [-0.39, 0.29) is 23.0 Å². The van der Waals surface area contributed by atoms with E-state index in [0.717, 1.165) is 23.1 Å². The van der Waals surface area contributed by atoms with Crippen LogP contribution >= 0.6 is 11.8 Å². The van der Waals surface area contributed by atoms with Gasteiger partial charge in [-0.15, -0.1) is 0 Å². The van der Waals surface area contributed by atoms with Gasteiger partial charge in [0.25, 0.3) is 5.56 Å². The molecule has 3 aromatic carbocycles. The maximum Gasteiger partial charge on any atom is 0.283 e. The first-order chi connectivity index (χ1) is 17.9. The predicted octanol–water partition coefficient (Wildman–Crippen LogP) is 5.82. The zero-order valence-corrected chi connectivity index (χ0v) is 21.3. The maximum absolute atomic E-state index is 13.9. The first-order valence-electron chi connectivity index (χ1n) is 11.9. The Morgan fingerprint density at radius 2 is 1.70 bits per heavy atom. The van der Waals surface area contributed by atoms with Gasteiger partial charge in [0.2, 0.25) is 5.91 Å². The van der Waals surface area contributed by atoms with Crippen molar-refractivity contribution in [3.63, 3.8) is 0 Å². The van der Waals surface area contributed by atoms with Crippen LogP contribution < -0.4 is 10.9 Å². The fourth-order valence-corrected chi connectivity index (χ4v) is 5.02. The van der Waals surface area contributed by atoms with Gasteiger partial charge in [-0.2, -0.15) is 0 Å². The van der Waals surface area contributed by atoms with Crippen molar-refractivity contribution in [1.29, 1.82) is 0 Å². The molecule has 0 spiro atoms. The number of carbonyl (C=O) groups is 1. The van der Waals surface area contributed by atoms with E-state index >= 15 is 0 Å². The average molecular weight is 513 g/mol. The van der Waals surface area contributed by atoms with Crippen LogP contribution in [0.1, 0.15) is 12.5 Å². The topological polar surface area (TPSA) is 68.9 Å². The van der Waals surface area contributed by atoms with Gasteiger partial charge in [-0.25, -0.2) is 9.37 Å². The van der Waals surface area contributed by atoms with Crippen LogP contribution in [-0.2, 0) is 18.3 Å². The van der Waals surface area contributed by atoms with Crippen molar-refractivity contribution in [2.45, 2.75) is 18.5 Å². The molecule has 0 bridgehead atoms. The Labute approximate surface area is 217 Å². The van der Waals surface area contributed by atoms with Gasteiger partial charge >= 0.3 is 0 Å². The summed E-state index contributed by atoms with van der Waals surface area (Å²) in [6, 6.07) is 23.2. The van der Waals surface area contributed by atoms with Crippen molar-refractivity contribution in [2.75, 3.05) is 11.1 Å². The molecule has 186 valence electrons. The van der Waals surface area contributed by atoms with E-state index in [0.29, 0.717) is 27.6 Å². The van der Waals surface area contributed by atoms with Crippen LogP contribution in [0.15, 0.2) is 95.0 Å². The molecule has 2 aromatic heterocycles. The minimum atomic E-state index is -0.375. The molecule has 1 amide bonds. The van der Waals surface area contributed by atoms with E-state index < -0.39 is 0 Å². The van der Waals surface area contributed by atoms with Gasteiger partial charge in [0.15, 0.2) is 5.16 Å². The number of aromatic nitrogens is 3. The molecule has 0 unspecified atom stereocenters. The molecule has 0 atom stereocenters. The van der Waals surface area contributed by atoms with Crippen LogP contribution in [0.25, 0.3) is 27.8 Å². The van der Waals surface area contributed by atoms with Crippen molar-refractivity contribution < 1.29 is 9.18 Å². The van der Waals surface area contributed by atoms with E-state index in [4.69, 9.17) is 4.98 Å². The van der Waals surface area contributed by atoms with E-state index in [2.05, 4.69) is 12.2 Å².